The number of carbonyl (C=O) groups excluding carboxylic acids is 1. The molecule has 0 atom stereocenters. The van der Waals surface area contributed by atoms with Crippen molar-refractivity contribution >= 4 is 50.4 Å². The third-order valence-electron chi connectivity index (χ3n) is 4.52. The van der Waals surface area contributed by atoms with Crippen molar-refractivity contribution in [3.8, 4) is 17.6 Å². The summed E-state index contributed by atoms with van der Waals surface area (Å²) in [6.45, 7) is 3.13. The summed E-state index contributed by atoms with van der Waals surface area (Å²) in [6.07, 6.45) is 0. The summed E-state index contributed by atoms with van der Waals surface area (Å²) < 4.78 is 40.1. The highest BCUT2D eigenvalue weighted by atomic mass is 35.5. The Hall–Kier alpha value is -3.11. The predicted octanol–water partition coefficient (Wildman–Crippen LogP) is 3.23. The van der Waals surface area contributed by atoms with E-state index in [1.807, 2.05) is 6.07 Å². The SMILES string of the molecule is Cc1noc(N(C(=O)c2sccc2S(N)(=O)=O)c2c(C#N)cc3c(c2C)OCO3)c1Cl. The molecule has 0 aliphatic carbocycles. The fourth-order valence-corrected chi connectivity index (χ4v) is 5.18. The molecule has 1 aliphatic rings. The second kappa shape index (κ2) is 7.54. The molecule has 1 aliphatic heterocycles. The predicted molar refractivity (Wildman–Crippen MR) is 110 cm³/mol. The number of anilines is 2. The number of carbonyl (C=O) groups is 1. The number of primary sulfonamides is 1. The van der Waals surface area contributed by atoms with Gasteiger partial charge in [0, 0.05) is 11.6 Å². The average Bonchev–Trinajstić information content (AvgIpc) is 3.45. The Kier molecular flexibility index (Phi) is 5.14. The Bertz CT molecular complexity index is 1370. The second-order valence-corrected chi connectivity index (χ2v) is 9.25. The van der Waals surface area contributed by atoms with E-state index in [-0.39, 0.29) is 38.7 Å². The van der Waals surface area contributed by atoms with E-state index in [2.05, 4.69) is 5.16 Å². The summed E-state index contributed by atoms with van der Waals surface area (Å²) >= 11 is 7.19. The largest absolute Gasteiger partial charge is 0.454 e. The molecule has 1 amide bonds. The lowest BCUT2D eigenvalue weighted by molar-refractivity contribution is 0.0995. The third kappa shape index (κ3) is 3.41. The maximum Gasteiger partial charge on any atom is 0.276 e. The number of nitriles is 1. The molecule has 160 valence electrons. The van der Waals surface area contributed by atoms with E-state index >= 15 is 0 Å². The van der Waals surface area contributed by atoms with Gasteiger partial charge in [0.05, 0.1) is 11.3 Å². The number of aromatic nitrogens is 1. The molecule has 3 aromatic rings. The van der Waals surface area contributed by atoms with Crippen LogP contribution in [0.25, 0.3) is 0 Å². The topological polar surface area (TPSA) is 149 Å². The molecule has 3 heterocycles. The fourth-order valence-electron chi connectivity index (χ4n) is 3.13. The first-order valence-corrected chi connectivity index (χ1v) is 11.3. The van der Waals surface area contributed by atoms with Crippen molar-refractivity contribution in [2.75, 3.05) is 11.7 Å². The Morgan fingerprint density at radius 1 is 1.39 bits per heavy atom. The highest BCUT2D eigenvalue weighted by Gasteiger charge is 2.36. The van der Waals surface area contributed by atoms with Crippen molar-refractivity contribution in [2.45, 2.75) is 18.7 Å². The minimum atomic E-state index is -4.20. The minimum absolute atomic E-state index is 0.0167. The van der Waals surface area contributed by atoms with Crippen LogP contribution in [0.1, 0.15) is 26.5 Å². The van der Waals surface area contributed by atoms with Gasteiger partial charge in [0.25, 0.3) is 11.8 Å². The van der Waals surface area contributed by atoms with Crippen molar-refractivity contribution < 1.29 is 27.2 Å². The Morgan fingerprint density at radius 2 is 2.13 bits per heavy atom. The van der Waals surface area contributed by atoms with E-state index in [4.69, 9.17) is 30.7 Å². The van der Waals surface area contributed by atoms with Gasteiger partial charge in [0.2, 0.25) is 16.8 Å². The molecule has 13 heteroatoms. The number of rotatable bonds is 4. The molecule has 0 bridgehead atoms. The average molecular weight is 481 g/mol. The first-order valence-electron chi connectivity index (χ1n) is 8.55. The van der Waals surface area contributed by atoms with E-state index in [1.54, 1.807) is 13.8 Å². The van der Waals surface area contributed by atoms with Crippen LogP contribution in [-0.4, -0.2) is 26.3 Å². The van der Waals surface area contributed by atoms with Gasteiger partial charge in [-0.05, 0) is 25.3 Å². The van der Waals surface area contributed by atoms with Crippen LogP contribution in [0.3, 0.4) is 0 Å². The van der Waals surface area contributed by atoms with Crippen LogP contribution in [0.2, 0.25) is 5.02 Å². The monoisotopic (exact) mass is 480 g/mol. The van der Waals surface area contributed by atoms with Crippen molar-refractivity contribution in [1.82, 2.24) is 5.16 Å². The van der Waals surface area contributed by atoms with Crippen LogP contribution in [0.4, 0.5) is 11.6 Å². The maximum atomic E-state index is 13.6. The van der Waals surface area contributed by atoms with Gasteiger partial charge < -0.3 is 14.0 Å². The lowest BCUT2D eigenvalue weighted by Gasteiger charge is -2.23. The standard InChI is InChI=1S/C18H13ClN4O6S2/c1-8-14(10(6-20)5-11-15(8)28-7-27-11)23(18-13(19)9(2)22-29-18)17(24)16-12(3-4-30-16)31(21,25)26/h3-5H,7H2,1-2H3,(H2,21,25,26). The molecular weight excluding hydrogens is 468 g/mol. The molecular formula is C18H13ClN4O6S2. The summed E-state index contributed by atoms with van der Waals surface area (Å²) in [5, 5.41) is 20.2. The van der Waals surface area contributed by atoms with Crippen LogP contribution < -0.4 is 19.5 Å². The smallest absolute Gasteiger partial charge is 0.276 e. The number of hydrogen-bond acceptors (Lipinski definition) is 9. The summed E-state index contributed by atoms with van der Waals surface area (Å²) in [4.78, 5) is 14.1. The highest BCUT2D eigenvalue weighted by Crippen LogP contribution is 2.47. The molecule has 10 nitrogen and oxygen atoms in total. The van der Waals surface area contributed by atoms with Gasteiger partial charge in [0.1, 0.15) is 26.6 Å². The van der Waals surface area contributed by atoms with Crippen molar-refractivity contribution in [2.24, 2.45) is 5.14 Å². The number of benzene rings is 1. The number of hydrogen-bond donors (Lipinski definition) is 1. The summed E-state index contributed by atoms with van der Waals surface area (Å²) in [7, 11) is -4.20. The van der Waals surface area contributed by atoms with Crippen LogP contribution in [0.15, 0.2) is 26.9 Å². The molecule has 31 heavy (non-hydrogen) atoms. The normalized spacial score (nSPS) is 12.6. The molecule has 0 saturated carbocycles. The number of amides is 1. The first kappa shape index (κ1) is 21.1. The zero-order chi connectivity index (χ0) is 22.5. The number of nitrogens with zero attached hydrogens (tertiary/aromatic N) is 3. The van der Waals surface area contributed by atoms with Crippen LogP contribution in [0, 0.1) is 25.2 Å². The van der Waals surface area contributed by atoms with Gasteiger partial charge in [-0.2, -0.15) is 5.26 Å². The Balaban J connectivity index is 2.02. The number of ether oxygens (including phenoxy) is 2. The van der Waals surface area contributed by atoms with E-state index in [9.17, 15) is 18.5 Å². The van der Waals surface area contributed by atoms with Gasteiger partial charge in [-0.3, -0.25) is 4.79 Å². The second-order valence-electron chi connectivity index (χ2n) is 6.43. The summed E-state index contributed by atoms with van der Waals surface area (Å²) in [6, 6.07) is 4.65. The van der Waals surface area contributed by atoms with Gasteiger partial charge in [-0.25, -0.2) is 18.5 Å². The van der Waals surface area contributed by atoms with Crippen LogP contribution in [0.5, 0.6) is 11.5 Å². The molecule has 0 spiro atoms. The van der Waals surface area contributed by atoms with Crippen molar-refractivity contribution in [1.29, 1.82) is 5.26 Å². The molecule has 0 unspecified atom stereocenters. The number of sulfonamides is 1. The summed E-state index contributed by atoms with van der Waals surface area (Å²) in [5.41, 5.74) is 0.820. The zero-order valence-corrected chi connectivity index (χ0v) is 18.4. The third-order valence-corrected chi connectivity index (χ3v) is 6.94. The number of thiophene rings is 1. The number of aryl methyl sites for hydroxylation is 1. The fraction of sp³-hybridized carbons (Fsp3) is 0.167. The van der Waals surface area contributed by atoms with E-state index < -0.39 is 15.9 Å². The van der Waals surface area contributed by atoms with Crippen LogP contribution >= 0.6 is 22.9 Å². The zero-order valence-electron chi connectivity index (χ0n) is 16.0. The lowest BCUT2D eigenvalue weighted by atomic mass is 10.0. The molecule has 0 fully saturated rings. The maximum absolute atomic E-state index is 13.6. The number of fused-ring (bicyclic) bond motifs is 1. The molecule has 2 aromatic heterocycles. The molecule has 4 rings (SSSR count). The Morgan fingerprint density at radius 3 is 2.74 bits per heavy atom. The van der Waals surface area contributed by atoms with Gasteiger partial charge >= 0.3 is 0 Å². The Labute approximate surface area is 185 Å². The van der Waals surface area contributed by atoms with Gasteiger partial charge in [-0.1, -0.05) is 16.8 Å². The quantitative estimate of drug-likeness (QED) is 0.598. The van der Waals surface area contributed by atoms with Gasteiger partial charge in [0.15, 0.2) is 11.5 Å². The van der Waals surface area contributed by atoms with Crippen molar-refractivity contribution in [3.63, 3.8) is 0 Å². The molecule has 0 radical (unpaired) electrons. The minimum Gasteiger partial charge on any atom is -0.454 e. The molecule has 0 saturated heterocycles. The molecule has 2 N–H and O–H groups in total. The van der Waals surface area contributed by atoms with E-state index in [0.717, 1.165) is 16.2 Å². The van der Waals surface area contributed by atoms with Crippen molar-refractivity contribution in [3.05, 3.63) is 44.2 Å². The highest BCUT2D eigenvalue weighted by molar-refractivity contribution is 7.89. The van der Waals surface area contributed by atoms with E-state index in [1.165, 1.54) is 17.5 Å². The van der Waals surface area contributed by atoms with Gasteiger partial charge in [-0.15, -0.1) is 11.3 Å². The van der Waals surface area contributed by atoms with E-state index in [0.29, 0.717) is 22.8 Å². The number of halogens is 1. The summed E-state index contributed by atoms with van der Waals surface area (Å²) in [5.74, 6) is -0.338. The molecule has 1 aromatic carbocycles. The lowest BCUT2D eigenvalue weighted by Crippen LogP contribution is -2.28. The first-order chi connectivity index (χ1) is 14.6. The number of nitrogens with two attached hydrogens (primary N) is 1. The van der Waals surface area contributed by atoms with Crippen LogP contribution in [-0.2, 0) is 10.0 Å².